The summed E-state index contributed by atoms with van der Waals surface area (Å²) in [5.74, 6) is -0.407. The number of aryl methyl sites for hydroxylation is 1. The first-order chi connectivity index (χ1) is 13.2. The van der Waals surface area contributed by atoms with Crippen LogP contribution in [0.3, 0.4) is 0 Å². The van der Waals surface area contributed by atoms with Gasteiger partial charge in [-0.15, -0.1) is 0 Å². The highest BCUT2D eigenvalue weighted by Gasteiger charge is 2.14. The molecule has 0 unspecified atom stereocenters. The van der Waals surface area contributed by atoms with E-state index in [4.69, 9.17) is 0 Å². The summed E-state index contributed by atoms with van der Waals surface area (Å²) < 4.78 is 13.0. The van der Waals surface area contributed by atoms with Gasteiger partial charge < -0.3 is 10.6 Å². The van der Waals surface area contributed by atoms with Gasteiger partial charge in [0.05, 0.1) is 0 Å². The number of rotatable bonds is 4. The van der Waals surface area contributed by atoms with E-state index in [1.165, 1.54) is 29.8 Å². The number of anilines is 3. The smallest absolute Gasteiger partial charge is 0.274 e. The molecule has 2 aromatic carbocycles. The zero-order valence-electron chi connectivity index (χ0n) is 16.4. The highest BCUT2D eigenvalue weighted by molar-refractivity contribution is 6.03. The molecule has 0 aliphatic rings. The van der Waals surface area contributed by atoms with Crippen LogP contribution in [0.4, 0.5) is 21.7 Å². The molecule has 1 heterocycles. The number of aromatic nitrogens is 2. The van der Waals surface area contributed by atoms with E-state index < -0.39 is 0 Å². The number of nitrogens with zero attached hydrogens (tertiary/aromatic N) is 2. The maximum Gasteiger partial charge on any atom is 0.274 e. The molecule has 0 atom stereocenters. The lowest BCUT2D eigenvalue weighted by Gasteiger charge is -2.19. The second kappa shape index (κ2) is 7.76. The number of hydrogen-bond acceptors (Lipinski definition) is 4. The van der Waals surface area contributed by atoms with Crippen LogP contribution in [-0.4, -0.2) is 15.9 Å². The number of carbonyl (C=O) groups is 1. The van der Waals surface area contributed by atoms with Gasteiger partial charge in [-0.2, -0.15) is 0 Å². The molecule has 1 amide bonds. The van der Waals surface area contributed by atoms with Gasteiger partial charge >= 0.3 is 0 Å². The van der Waals surface area contributed by atoms with E-state index in [2.05, 4.69) is 53.5 Å². The van der Waals surface area contributed by atoms with E-state index in [0.717, 1.165) is 5.69 Å². The van der Waals surface area contributed by atoms with E-state index in [0.29, 0.717) is 17.3 Å². The highest BCUT2D eigenvalue weighted by Crippen LogP contribution is 2.24. The Morgan fingerprint density at radius 3 is 2.14 bits per heavy atom. The molecular weight excluding hydrogens is 355 g/mol. The summed E-state index contributed by atoms with van der Waals surface area (Å²) in [4.78, 5) is 21.1. The number of hydrogen-bond donors (Lipinski definition) is 2. The highest BCUT2D eigenvalue weighted by atomic mass is 19.1. The van der Waals surface area contributed by atoms with E-state index in [9.17, 15) is 9.18 Å². The van der Waals surface area contributed by atoms with Crippen molar-refractivity contribution in [2.75, 3.05) is 10.6 Å². The van der Waals surface area contributed by atoms with Crippen molar-refractivity contribution in [2.45, 2.75) is 33.1 Å². The van der Waals surface area contributed by atoms with Gasteiger partial charge in [-0.1, -0.05) is 32.9 Å². The molecular formula is C22H23FN4O. The molecule has 0 spiro atoms. The van der Waals surface area contributed by atoms with Crippen molar-refractivity contribution in [3.63, 3.8) is 0 Å². The van der Waals surface area contributed by atoms with E-state index in [1.54, 1.807) is 13.0 Å². The molecule has 0 aliphatic carbocycles. The molecule has 3 aromatic rings. The van der Waals surface area contributed by atoms with Gasteiger partial charge in [0.1, 0.15) is 11.5 Å². The Labute approximate surface area is 164 Å². The fraction of sp³-hybridized carbons (Fsp3) is 0.227. The largest absolute Gasteiger partial charge is 0.324 e. The Bertz CT molecular complexity index is 977. The zero-order chi connectivity index (χ0) is 20.3. The minimum Gasteiger partial charge on any atom is -0.324 e. The second-order valence-corrected chi connectivity index (χ2v) is 7.63. The van der Waals surface area contributed by atoms with Gasteiger partial charge in [-0.3, -0.25) is 4.79 Å². The van der Waals surface area contributed by atoms with Gasteiger partial charge in [-0.25, -0.2) is 14.4 Å². The summed E-state index contributed by atoms with van der Waals surface area (Å²) in [6.07, 6.45) is 0. The summed E-state index contributed by atoms with van der Waals surface area (Å²) in [5.41, 5.74) is 3.52. The lowest BCUT2D eigenvalue weighted by molar-refractivity contribution is 0.102. The lowest BCUT2D eigenvalue weighted by Crippen LogP contribution is -2.15. The molecule has 6 heteroatoms. The normalized spacial score (nSPS) is 11.2. The van der Waals surface area contributed by atoms with Crippen molar-refractivity contribution in [1.82, 2.24) is 9.97 Å². The summed E-state index contributed by atoms with van der Waals surface area (Å²) in [6.45, 7) is 8.27. The SMILES string of the molecule is Cc1cc(C(=O)Nc2ccc(F)cc2)nc(Nc2ccc(C(C)(C)C)cc2)n1. The molecule has 0 fully saturated rings. The quantitative estimate of drug-likeness (QED) is 0.653. The van der Waals surface area contributed by atoms with Crippen LogP contribution < -0.4 is 10.6 Å². The van der Waals surface area contributed by atoms with Gasteiger partial charge in [0.25, 0.3) is 5.91 Å². The van der Waals surface area contributed by atoms with Gasteiger partial charge in [-0.05, 0) is 60.4 Å². The molecule has 144 valence electrons. The van der Waals surface area contributed by atoms with E-state index >= 15 is 0 Å². The van der Waals surface area contributed by atoms with Crippen LogP contribution in [0.15, 0.2) is 54.6 Å². The van der Waals surface area contributed by atoms with Gasteiger partial charge in [0.15, 0.2) is 0 Å². The first-order valence-corrected chi connectivity index (χ1v) is 9.01. The third kappa shape index (κ3) is 4.91. The first-order valence-electron chi connectivity index (χ1n) is 9.01. The van der Waals surface area contributed by atoms with E-state index in [1.807, 2.05) is 12.1 Å². The maximum atomic E-state index is 13.0. The molecule has 1 aromatic heterocycles. The molecule has 0 bridgehead atoms. The van der Waals surface area contributed by atoms with Crippen molar-refractivity contribution in [3.05, 3.63) is 77.4 Å². The average molecular weight is 378 g/mol. The van der Waals surface area contributed by atoms with Gasteiger partial charge in [0.2, 0.25) is 5.95 Å². The fourth-order valence-corrected chi connectivity index (χ4v) is 2.65. The van der Waals surface area contributed by atoms with Crippen molar-refractivity contribution >= 4 is 23.2 Å². The van der Waals surface area contributed by atoms with Crippen molar-refractivity contribution in [1.29, 1.82) is 0 Å². The topological polar surface area (TPSA) is 66.9 Å². The van der Waals surface area contributed by atoms with Crippen LogP contribution >= 0.6 is 0 Å². The van der Waals surface area contributed by atoms with E-state index in [-0.39, 0.29) is 22.8 Å². The molecule has 3 rings (SSSR count). The van der Waals surface area contributed by atoms with Gasteiger partial charge in [0, 0.05) is 17.1 Å². The summed E-state index contributed by atoms with van der Waals surface area (Å²) in [6, 6.07) is 15.2. The number of halogens is 1. The molecule has 0 saturated heterocycles. The van der Waals surface area contributed by atoms with Crippen LogP contribution in [0.1, 0.15) is 42.5 Å². The summed E-state index contributed by atoms with van der Waals surface area (Å²) >= 11 is 0. The number of benzene rings is 2. The third-order valence-corrected chi connectivity index (χ3v) is 4.20. The standard InChI is InChI=1S/C22H23FN4O/c1-14-13-19(20(28)25-17-11-7-16(23)8-12-17)27-21(24-14)26-18-9-5-15(6-10-18)22(2,3)4/h5-13H,1-4H3,(H,25,28)(H,24,26,27). The number of amides is 1. The molecule has 0 radical (unpaired) electrons. The minimum atomic E-state index is -0.386. The van der Waals surface area contributed by atoms with Crippen LogP contribution in [-0.2, 0) is 5.41 Å². The van der Waals surface area contributed by atoms with Crippen LogP contribution in [0.2, 0.25) is 0 Å². The number of nitrogens with one attached hydrogen (secondary N) is 2. The van der Waals surface area contributed by atoms with Crippen molar-refractivity contribution < 1.29 is 9.18 Å². The third-order valence-electron chi connectivity index (χ3n) is 4.20. The Morgan fingerprint density at radius 2 is 1.54 bits per heavy atom. The molecule has 28 heavy (non-hydrogen) atoms. The summed E-state index contributed by atoms with van der Waals surface area (Å²) in [5, 5.41) is 5.84. The maximum absolute atomic E-state index is 13.0. The van der Waals surface area contributed by atoms with Crippen LogP contribution in [0, 0.1) is 12.7 Å². The molecule has 0 aliphatic heterocycles. The van der Waals surface area contributed by atoms with Crippen LogP contribution in [0.5, 0.6) is 0 Å². The Hall–Kier alpha value is -3.28. The number of carbonyl (C=O) groups excluding carboxylic acids is 1. The summed E-state index contributed by atoms with van der Waals surface area (Å²) in [7, 11) is 0. The fourth-order valence-electron chi connectivity index (χ4n) is 2.65. The molecule has 0 saturated carbocycles. The second-order valence-electron chi connectivity index (χ2n) is 7.63. The van der Waals surface area contributed by atoms with Crippen molar-refractivity contribution in [2.24, 2.45) is 0 Å². The lowest BCUT2D eigenvalue weighted by atomic mass is 9.87. The Balaban J connectivity index is 1.77. The minimum absolute atomic E-state index is 0.0734. The monoisotopic (exact) mass is 378 g/mol. The van der Waals surface area contributed by atoms with Crippen LogP contribution in [0.25, 0.3) is 0 Å². The average Bonchev–Trinajstić information content (AvgIpc) is 2.63. The molecule has 2 N–H and O–H groups in total. The predicted molar refractivity (Wildman–Crippen MR) is 110 cm³/mol. The van der Waals surface area contributed by atoms with Crippen molar-refractivity contribution in [3.8, 4) is 0 Å². The molecule has 5 nitrogen and oxygen atoms in total. The zero-order valence-corrected chi connectivity index (χ0v) is 16.4. The Morgan fingerprint density at radius 1 is 0.929 bits per heavy atom. The predicted octanol–water partition coefficient (Wildman–Crippen LogP) is 5.22. The Kier molecular flexibility index (Phi) is 5.40. The first kappa shape index (κ1) is 19.5.